The van der Waals surface area contributed by atoms with E-state index in [1.54, 1.807) is 18.5 Å². The first-order valence-corrected chi connectivity index (χ1v) is 8.98. The van der Waals surface area contributed by atoms with Crippen LogP contribution in [0.4, 0.5) is 0 Å². The number of rotatable bonds is 8. The Labute approximate surface area is 127 Å². The molecule has 2 fully saturated rings. The molecule has 0 aromatic rings. The van der Waals surface area contributed by atoms with Crippen LogP contribution in [0, 0.1) is 0 Å². The van der Waals surface area contributed by atoms with E-state index in [4.69, 9.17) is 9.47 Å². The van der Waals surface area contributed by atoms with Gasteiger partial charge in [0.1, 0.15) is 0 Å². The van der Waals surface area contributed by atoms with Gasteiger partial charge in [0.25, 0.3) is 10.2 Å². The van der Waals surface area contributed by atoms with E-state index in [1.807, 2.05) is 0 Å². The molecule has 0 radical (unpaired) electrons. The second-order valence-corrected chi connectivity index (χ2v) is 7.43. The van der Waals surface area contributed by atoms with Crippen LogP contribution in [-0.4, -0.2) is 82.7 Å². The zero-order valence-electron chi connectivity index (χ0n) is 13.0. The van der Waals surface area contributed by atoms with Crippen molar-refractivity contribution in [2.24, 2.45) is 0 Å². The Bertz CT molecular complexity index is 396. The Morgan fingerprint density at radius 3 is 2.33 bits per heavy atom. The van der Waals surface area contributed by atoms with Crippen LogP contribution in [-0.2, 0) is 19.7 Å². The number of hydrogen-bond donors (Lipinski definition) is 1. The zero-order chi connectivity index (χ0) is 15.3. The standard InChI is InChI=1S/C13H27N3O4S/c1-19-9-7-15(8-10-20-2)21(17,18)16-12-3-4-13(16)11-14-6-5-12/h12-14H,3-11H2,1-2H3. The molecule has 0 aliphatic carbocycles. The summed E-state index contributed by atoms with van der Waals surface area (Å²) in [6.45, 7) is 3.16. The van der Waals surface area contributed by atoms with Crippen LogP contribution >= 0.6 is 0 Å². The molecule has 2 atom stereocenters. The number of nitrogens with zero attached hydrogens (tertiary/aromatic N) is 2. The van der Waals surface area contributed by atoms with Gasteiger partial charge in [0.15, 0.2) is 0 Å². The van der Waals surface area contributed by atoms with Gasteiger partial charge in [-0.2, -0.15) is 17.0 Å². The van der Waals surface area contributed by atoms with Gasteiger partial charge in [-0.1, -0.05) is 0 Å². The molecule has 0 saturated carbocycles. The van der Waals surface area contributed by atoms with Crippen molar-refractivity contribution in [2.45, 2.75) is 31.3 Å². The summed E-state index contributed by atoms with van der Waals surface area (Å²) in [7, 11) is -0.293. The lowest BCUT2D eigenvalue weighted by Crippen LogP contribution is -2.51. The molecule has 0 spiro atoms. The van der Waals surface area contributed by atoms with Crippen LogP contribution in [0.15, 0.2) is 0 Å². The highest BCUT2D eigenvalue weighted by Crippen LogP contribution is 2.32. The maximum atomic E-state index is 13.0. The smallest absolute Gasteiger partial charge is 0.282 e. The molecule has 2 heterocycles. The molecular formula is C13H27N3O4S. The lowest BCUT2D eigenvalue weighted by atomic mass is 10.1. The normalized spacial score (nSPS) is 27.2. The monoisotopic (exact) mass is 321 g/mol. The average Bonchev–Trinajstić information content (AvgIpc) is 2.72. The Balaban J connectivity index is 2.15. The maximum Gasteiger partial charge on any atom is 0.282 e. The molecule has 2 bridgehead atoms. The van der Waals surface area contributed by atoms with Gasteiger partial charge >= 0.3 is 0 Å². The van der Waals surface area contributed by atoms with E-state index in [2.05, 4.69) is 5.32 Å². The quantitative estimate of drug-likeness (QED) is 0.662. The first kappa shape index (κ1) is 17.1. The van der Waals surface area contributed by atoms with Crippen LogP contribution in [0.5, 0.6) is 0 Å². The molecule has 124 valence electrons. The van der Waals surface area contributed by atoms with E-state index in [1.165, 1.54) is 4.31 Å². The summed E-state index contributed by atoms with van der Waals surface area (Å²) in [5.41, 5.74) is 0. The highest BCUT2D eigenvalue weighted by atomic mass is 32.2. The summed E-state index contributed by atoms with van der Waals surface area (Å²) >= 11 is 0. The SMILES string of the molecule is COCCN(CCOC)S(=O)(=O)N1C2CCNCC1CC2. The minimum absolute atomic E-state index is 0.0788. The van der Waals surface area contributed by atoms with E-state index >= 15 is 0 Å². The molecule has 0 amide bonds. The average molecular weight is 321 g/mol. The molecule has 0 aromatic carbocycles. The number of ether oxygens (including phenoxy) is 2. The van der Waals surface area contributed by atoms with Crippen molar-refractivity contribution in [2.75, 3.05) is 53.6 Å². The van der Waals surface area contributed by atoms with Crippen molar-refractivity contribution in [3.05, 3.63) is 0 Å². The number of fused-ring (bicyclic) bond motifs is 2. The Kier molecular flexibility index (Phi) is 6.39. The lowest BCUT2D eigenvalue weighted by Gasteiger charge is -2.33. The zero-order valence-corrected chi connectivity index (χ0v) is 13.8. The van der Waals surface area contributed by atoms with Crippen molar-refractivity contribution >= 4 is 10.2 Å². The van der Waals surface area contributed by atoms with Gasteiger partial charge < -0.3 is 14.8 Å². The first-order chi connectivity index (χ1) is 10.1. The number of nitrogens with one attached hydrogen (secondary N) is 1. The highest BCUT2D eigenvalue weighted by Gasteiger charge is 2.44. The fraction of sp³-hybridized carbons (Fsp3) is 1.00. The predicted molar refractivity (Wildman–Crippen MR) is 80.4 cm³/mol. The lowest BCUT2D eigenvalue weighted by molar-refractivity contribution is 0.144. The third-order valence-electron chi connectivity index (χ3n) is 4.27. The van der Waals surface area contributed by atoms with Crippen molar-refractivity contribution < 1.29 is 17.9 Å². The largest absolute Gasteiger partial charge is 0.383 e. The molecule has 2 aliphatic heterocycles. The summed E-state index contributed by atoms with van der Waals surface area (Å²) in [6, 6.07) is 0.206. The van der Waals surface area contributed by atoms with E-state index in [9.17, 15) is 8.42 Å². The Hall–Kier alpha value is -0.250. The second kappa shape index (κ2) is 7.85. The first-order valence-electron chi connectivity index (χ1n) is 7.58. The molecule has 8 heteroatoms. The molecule has 2 aliphatic rings. The van der Waals surface area contributed by atoms with Crippen molar-refractivity contribution in [1.29, 1.82) is 0 Å². The van der Waals surface area contributed by atoms with Gasteiger partial charge in [-0.15, -0.1) is 0 Å². The van der Waals surface area contributed by atoms with Crippen LogP contribution in [0.25, 0.3) is 0 Å². The van der Waals surface area contributed by atoms with Crippen LogP contribution in [0.3, 0.4) is 0 Å². The van der Waals surface area contributed by atoms with E-state index in [0.717, 1.165) is 32.4 Å². The maximum absolute atomic E-state index is 13.0. The fourth-order valence-corrected chi connectivity index (χ4v) is 5.20. The molecule has 1 N–H and O–H groups in total. The van der Waals surface area contributed by atoms with E-state index in [0.29, 0.717) is 26.3 Å². The van der Waals surface area contributed by atoms with Crippen molar-refractivity contribution in [3.8, 4) is 0 Å². The minimum Gasteiger partial charge on any atom is -0.383 e. The Morgan fingerprint density at radius 2 is 1.71 bits per heavy atom. The summed E-state index contributed by atoms with van der Waals surface area (Å²) in [6.07, 6.45) is 2.80. The summed E-state index contributed by atoms with van der Waals surface area (Å²) in [5.74, 6) is 0. The third-order valence-corrected chi connectivity index (χ3v) is 6.42. The molecule has 21 heavy (non-hydrogen) atoms. The summed E-state index contributed by atoms with van der Waals surface area (Å²) in [4.78, 5) is 0. The molecule has 0 aromatic heterocycles. The van der Waals surface area contributed by atoms with Gasteiger partial charge in [-0.3, -0.25) is 0 Å². The van der Waals surface area contributed by atoms with Crippen molar-refractivity contribution in [3.63, 3.8) is 0 Å². The van der Waals surface area contributed by atoms with Gasteiger partial charge in [0.2, 0.25) is 0 Å². The third kappa shape index (κ3) is 3.94. The number of hydrogen-bond acceptors (Lipinski definition) is 5. The van der Waals surface area contributed by atoms with Crippen LogP contribution < -0.4 is 5.32 Å². The summed E-state index contributed by atoms with van der Waals surface area (Å²) in [5, 5.41) is 3.33. The predicted octanol–water partition coefficient (Wildman–Crippen LogP) is -0.348. The van der Waals surface area contributed by atoms with Gasteiger partial charge in [-0.25, -0.2) is 0 Å². The van der Waals surface area contributed by atoms with Gasteiger partial charge in [-0.05, 0) is 25.8 Å². The highest BCUT2D eigenvalue weighted by molar-refractivity contribution is 7.86. The fourth-order valence-electron chi connectivity index (χ4n) is 3.18. The van der Waals surface area contributed by atoms with Crippen molar-refractivity contribution in [1.82, 2.24) is 13.9 Å². The van der Waals surface area contributed by atoms with Gasteiger partial charge in [0, 0.05) is 45.9 Å². The molecule has 2 rings (SSSR count). The molecular weight excluding hydrogens is 294 g/mol. The molecule has 7 nitrogen and oxygen atoms in total. The Morgan fingerprint density at radius 1 is 1.10 bits per heavy atom. The topological polar surface area (TPSA) is 71.1 Å². The molecule has 2 saturated heterocycles. The van der Waals surface area contributed by atoms with E-state index in [-0.39, 0.29) is 12.1 Å². The second-order valence-electron chi connectivity index (χ2n) is 5.60. The summed E-state index contributed by atoms with van der Waals surface area (Å²) < 4.78 is 39.4. The van der Waals surface area contributed by atoms with Crippen LogP contribution in [0.2, 0.25) is 0 Å². The minimum atomic E-state index is -3.46. The van der Waals surface area contributed by atoms with Gasteiger partial charge in [0.05, 0.1) is 13.2 Å². The van der Waals surface area contributed by atoms with Crippen LogP contribution in [0.1, 0.15) is 19.3 Å². The van der Waals surface area contributed by atoms with E-state index < -0.39 is 10.2 Å². The molecule has 2 unspecified atom stereocenters. The number of methoxy groups -OCH3 is 2.